The summed E-state index contributed by atoms with van der Waals surface area (Å²) in [6.45, 7) is 5.22. The maximum absolute atomic E-state index is 10.3. The van der Waals surface area contributed by atoms with Crippen molar-refractivity contribution in [2.24, 2.45) is 0 Å². The third-order valence-corrected chi connectivity index (χ3v) is 0.806. The van der Waals surface area contributed by atoms with Crippen LogP contribution in [0.1, 0.15) is 20.8 Å². The number of nitrogens with one attached hydrogen (secondary N) is 1. The lowest BCUT2D eigenvalue weighted by Crippen LogP contribution is -2.16. The van der Waals surface area contributed by atoms with Gasteiger partial charge >= 0.3 is 0 Å². The van der Waals surface area contributed by atoms with Gasteiger partial charge in [0.2, 0.25) is 5.91 Å². The van der Waals surface area contributed by atoms with Gasteiger partial charge in [0.25, 0.3) is 0 Å². The van der Waals surface area contributed by atoms with Crippen molar-refractivity contribution in [2.45, 2.75) is 20.8 Å². The van der Waals surface area contributed by atoms with Gasteiger partial charge in [0.15, 0.2) is 0 Å². The molecule has 0 fully saturated rings. The molecule has 0 saturated heterocycles. The van der Waals surface area contributed by atoms with E-state index in [0.29, 0.717) is 0 Å². The van der Waals surface area contributed by atoms with Crippen LogP contribution in [0.4, 0.5) is 0 Å². The minimum absolute atomic E-state index is 0.0133. The van der Waals surface area contributed by atoms with Gasteiger partial charge in [-0.25, -0.2) is 0 Å². The van der Waals surface area contributed by atoms with E-state index in [1.807, 2.05) is 19.9 Å². The highest BCUT2D eigenvalue weighted by atomic mass is 16.1. The molecule has 0 aliphatic heterocycles. The van der Waals surface area contributed by atoms with E-state index >= 15 is 0 Å². The predicted octanol–water partition coefficient (Wildman–Crippen LogP) is 1.05. The first-order chi connectivity index (χ1) is 3.66. The van der Waals surface area contributed by atoms with E-state index in [2.05, 4.69) is 5.32 Å². The van der Waals surface area contributed by atoms with Crippen LogP contribution in [0.15, 0.2) is 11.8 Å². The van der Waals surface area contributed by atoms with Crippen molar-refractivity contribution in [1.29, 1.82) is 0 Å². The molecule has 1 N–H and O–H groups in total. The Labute approximate surface area is 49.6 Å². The van der Waals surface area contributed by atoms with Crippen LogP contribution in [-0.2, 0) is 4.79 Å². The van der Waals surface area contributed by atoms with Gasteiger partial charge in [-0.05, 0) is 13.8 Å². The monoisotopic (exact) mass is 113 g/mol. The lowest BCUT2D eigenvalue weighted by molar-refractivity contribution is -0.118. The smallest absolute Gasteiger partial charge is 0.220 e. The number of allylic oxidation sites excluding steroid dienone is 2. The number of hydrogen-bond donors (Lipinski definition) is 1. The Bertz CT molecular complexity index is 116. The van der Waals surface area contributed by atoms with Crippen LogP contribution in [0.5, 0.6) is 0 Å². The van der Waals surface area contributed by atoms with Crippen molar-refractivity contribution in [2.75, 3.05) is 0 Å². The summed E-state index contributed by atoms with van der Waals surface area (Å²) < 4.78 is 0. The van der Waals surface area contributed by atoms with Crippen LogP contribution in [0.25, 0.3) is 0 Å². The van der Waals surface area contributed by atoms with E-state index < -0.39 is 0 Å². The second kappa shape index (κ2) is 3.24. The van der Waals surface area contributed by atoms with Crippen molar-refractivity contribution < 1.29 is 4.79 Å². The van der Waals surface area contributed by atoms with Gasteiger partial charge in [0.1, 0.15) is 0 Å². The Morgan fingerprint density at radius 3 is 2.12 bits per heavy atom. The summed E-state index contributed by atoms with van der Waals surface area (Å²) in [5, 5.41) is 2.61. The molecule has 0 aliphatic carbocycles. The Kier molecular flexibility index (Phi) is 2.92. The van der Waals surface area contributed by atoms with E-state index in [1.165, 1.54) is 6.92 Å². The quantitative estimate of drug-likeness (QED) is 0.541. The molecule has 0 aromatic heterocycles. The molecule has 0 unspecified atom stereocenters. The number of rotatable bonds is 1. The standard InChI is InChI=1S/C6H11NO/c1-4-5(2)7-6(3)8/h4H,1-3H3,(H,7,8). The maximum atomic E-state index is 10.3. The molecule has 0 saturated carbocycles. The fourth-order valence-corrected chi connectivity index (χ4v) is 0.350. The van der Waals surface area contributed by atoms with Crippen LogP contribution in [0, 0.1) is 0 Å². The third kappa shape index (κ3) is 3.40. The molecule has 0 aliphatic rings. The molecule has 0 aromatic rings. The fourth-order valence-electron chi connectivity index (χ4n) is 0.350. The minimum atomic E-state index is -0.0133. The van der Waals surface area contributed by atoms with Gasteiger partial charge in [-0.3, -0.25) is 4.79 Å². The summed E-state index contributed by atoms with van der Waals surface area (Å²) in [4.78, 5) is 10.3. The fraction of sp³-hybridized carbons (Fsp3) is 0.500. The van der Waals surface area contributed by atoms with Crippen LogP contribution in [-0.4, -0.2) is 5.91 Å². The highest BCUT2D eigenvalue weighted by molar-refractivity contribution is 5.74. The molecule has 0 bridgehead atoms. The molecular formula is C6H11NO. The molecule has 2 heteroatoms. The first-order valence-corrected chi connectivity index (χ1v) is 2.57. The largest absolute Gasteiger partial charge is 0.331 e. The molecular weight excluding hydrogens is 102 g/mol. The molecule has 1 amide bonds. The van der Waals surface area contributed by atoms with Crippen LogP contribution in [0.3, 0.4) is 0 Å². The number of amides is 1. The Hall–Kier alpha value is -0.790. The second-order valence-electron chi connectivity index (χ2n) is 1.65. The number of carbonyl (C=O) groups excluding carboxylic acids is 1. The third-order valence-electron chi connectivity index (χ3n) is 0.806. The molecule has 0 rings (SSSR count). The van der Waals surface area contributed by atoms with Crippen LogP contribution < -0.4 is 5.32 Å². The predicted molar refractivity (Wildman–Crippen MR) is 33.2 cm³/mol. The molecule has 0 heterocycles. The summed E-state index contributed by atoms with van der Waals surface area (Å²) in [6.07, 6.45) is 1.85. The molecule has 46 valence electrons. The molecule has 2 nitrogen and oxygen atoms in total. The molecule has 8 heavy (non-hydrogen) atoms. The first-order valence-electron chi connectivity index (χ1n) is 2.57. The molecule has 0 spiro atoms. The second-order valence-corrected chi connectivity index (χ2v) is 1.65. The Morgan fingerprint density at radius 1 is 1.50 bits per heavy atom. The van der Waals surface area contributed by atoms with Crippen LogP contribution in [0.2, 0.25) is 0 Å². The summed E-state index contributed by atoms with van der Waals surface area (Å²) in [6, 6.07) is 0. The molecule has 0 radical (unpaired) electrons. The minimum Gasteiger partial charge on any atom is -0.331 e. The zero-order valence-corrected chi connectivity index (χ0v) is 5.49. The van der Waals surface area contributed by atoms with Crippen molar-refractivity contribution in [3.05, 3.63) is 11.8 Å². The van der Waals surface area contributed by atoms with Crippen molar-refractivity contribution in [3.8, 4) is 0 Å². The summed E-state index contributed by atoms with van der Waals surface area (Å²) >= 11 is 0. The highest BCUT2D eigenvalue weighted by Crippen LogP contribution is 1.82. The average Bonchev–Trinajstić information content (AvgIpc) is 1.65. The lowest BCUT2D eigenvalue weighted by atomic mass is 10.4. The Morgan fingerprint density at radius 2 is 2.00 bits per heavy atom. The van der Waals surface area contributed by atoms with Crippen molar-refractivity contribution in [1.82, 2.24) is 5.32 Å². The van der Waals surface area contributed by atoms with E-state index in [0.717, 1.165) is 5.70 Å². The summed E-state index contributed by atoms with van der Waals surface area (Å²) in [5.74, 6) is -0.0133. The molecule has 0 aromatic carbocycles. The van der Waals surface area contributed by atoms with E-state index in [4.69, 9.17) is 0 Å². The zero-order chi connectivity index (χ0) is 6.57. The van der Waals surface area contributed by atoms with Gasteiger partial charge in [-0.2, -0.15) is 0 Å². The highest BCUT2D eigenvalue weighted by Gasteiger charge is 1.87. The van der Waals surface area contributed by atoms with Crippen molar-refractivity contribution in [3.63, 3.8) is 0 Å². The average molecular weight is 113 g/mol. The topological polar surface area (TPSA) is 29.1 Å². The van der Waals surface area contributed by atoms with Crippen molar-refractivity contribution >= 4 is 5.91 Å². The lowest BCUT2D eigenvalue weighted by Gasteiger charge is -1.96. The number of carbonyl (C=O) groups is 1. The van der Waals surface area contributed by atoms with Gasteiger partial charge < -0.3 is 5.32 Å². The maximum Gasteiger partial charge on any atom is 0.220 e. The zero-order valence-electron chi connectivity index (χ0n) is 5.49. The van der Waals surface area contributed by atoms with E-state index in [-0.39, 0.29) is 5.91 Å². The Balaban J connectivity index is 3.56. The summed E-state index contributed by atoms with van der Waals surface area (Å²) in [5.41, 5.74) is 0.900. The van der Waals surface area contributed by atoms with E-state index in [1.54, 1.807) is 0 Å². The summed E-state index contributed by atoms with van der Waals surface area (Å²) in [7, 11) is 0. The molecule has 0 atom stereocenters. The van der Waals surface area contributed by atoms with Gasteiger partial charge in [-0.15, -0.1) is 0 Å². The van der Waals surface area contributed by atoms with E-state index in [9.17, 15) is 4.79 Å². The van der Waals surface area contributed by atoms with Gasteiger partial charge in [0, 0.05) is 12.6 Å². The van der Waals surface area contributed by atoms with Gasteiger partial charge in [-0.1, -0.05) is 6.08 Å². The number of hydrogen-bond acceptors (Lipinski definition) is 1. The van der Waals surface area contributed by atoms with Crippen LogP contribution >= 0.6 is 0 Å². The normalized spacial score (nSPS) is 11.1. The first kappa shape index (κ1) is 7.21. The SMILES string of the molecule is CC=C(C)NC(C)=O. The van der Waals surface area contributed by atoms with Gasteiger partial charge in [0.05, 0.1) is 0 Å².